The summed E-state index contributed by atoms with van der Waals surface area (Å²) in [5.41, 5.74) is 3.25. The first-order chi connectivity index (χ1) is 9.93. The van der Waals surface area contributed by atoms with Crippen LogP contribution in [0.3, 0.4) is 0 Å². The number of hydrogen-bond acceptors (Lipinski definition) is 3. The molecule has 1 atom stereocenters. The molecule has 3 N–H and O–H groups in total. The van der Waals surface area contributed by atoms with Crippen LogP contribution in [0.2, 0.25) is 0 Å². The molecule has 116 valence electrons. The number of amides is 2. The Morgan fingerprint density at radius 3 is 2.67 bits per heavy atom. The largest absolute Gasteiger partial charge is 0.480 e. The van der Waals surface area contributed by atoms with Crippen LogP contribution in [0.4, 0.5) is 4.79 Å². The smallest absolute Gasteiger partial charge is 0.326 e. The highest BCUT2D eigenvalue weighted by atomic mass is 32.2. The Balaban J connectivity index is 2.52. The van der Waals surface area contributed by atoms with Crippen molar-refractivity contribution < 1.29 is 14.7 Å². The number of nitrogens with one attached hydrogen (secondary N) is 2. The third-order valence-electron chi connectivity index (χ3n) is 3.16. The second-order valence-corrected chi connectivity index (χ2v) is 5.91. The number of urea groups is 1. The van der Waals surface area contributed by atoms with E-state index in [1.165, 1.54) is 0 Å². The summed E-state index contributed by atoms with van der Waals surface area (Å²) in [5.74, 6) is -0.320. The number of carbonyl (C=O) groups excluding carboxylic acids is 1. The Kier molecular flexibility index (Phi) is 7.08. The molecule has 0 heterocycles. The Morgan fingerprint density at radius 2 is 2.05 bits per heavy atom. The third kappa shape index (κ3) is 6.08. The third-order valence-corrected chi connectivity index (χ3v) is 3.80. The first-order valence-electron chi connectivity index (χ1n) is 6.76. The summed E-state index contributed by atoms with van der Waals surface area (Å²) in [6.07, 6.45) is 2.31. The van der Waals surface area contributed by atoms with Crippen LogP contribution >= 0.6 is 11.8 Å². The number of thioether (sulfide) groups is 1. The van der Waals surface area contributed by atoms with Gasteiger partial charge in [-0.2, -0.15) is 11.8 Å². The molecule has 0 radical (unpaired) electrons. The number of carbonyl (C=O) groups is 2. The molecule has 0 bridgehead atoms. The van der Waals surface area contributed by atoms with Gasteiger partial charge in [-0.1, -0.05) is 23.8 Å². The Labute approximate surface area is 129 Å². The predicted octanol–water partition coefficient (Wildman–Crippen LogP) is 2.31. The van der Waals surface area contributed by atoms with E-state index < -0.39 is 18.0 Å². The molecule has 1 rings (SSSR count). The van der Waals surface area contributed by atoms with Gasteiger partial charge in [-0.25, -0.2) is 9.59 Å². The van der Waals surface area contributed by atoms with Crippen molar-refractivity contribution in [2.45, 2.75) is 32.9 Å². The quantitative estimate of drug-likeness (QED) is 0.722. The summed E-state index contributed by atoms with van der Waals surface area (Å²) >= 11 is 1.55. The normalized spacial score (nSPS) is 11.8. The van der Waals surface area contributed by atoms with Gasteiger partial charge < -0.3 is 15.7 Å². The van der Waals surface area contributed by atoms with Crippen LogP contribution in [0.15, 0.2) is 18.2 Å². The summed E-state index contributed by atoms with van der Waals surface area (Å²) in [5, 5.41) is 14.3. The second kappa shape index (κ2) is 8.56. The molecule has 0 saturated heterocycles. The number of benzene rings is 1. The van der Waals surface area contributed by atoms with E-state index in [0.29, 0.717) is 18.7 Å². The number of aliphatic carboxylic acids is 1. The highest BCUT2D eigenvalue weighted by Gasteiger charge is 2.19. The summed E-state index contributed by atoms with van der Waals surface area (Å²) in [4.78, 5) is 22.9. The van der Waals surface area contributed by atoms with Crippen LogP contribution in [0.1, 0.15) is 23.1 Å². The zero-order chi connectivity index (χ0) is 15.8. The maximum atomic E-state index is 11.8. The molecule has 2 amide bonds. The lowest BCUT2D eigenvalue weighted by Gasteiger charge is -2.15. The zero-order valence-electron chi connectivity index (χ0n) is 12.6. The van der Waals surface area contributed by atoms with Crippen molar-refractivity contribution in [1.82, 2.24) is 10.6 Å². The molecule has 0 saturated carbocycles. The average molecular weight is 310 g/mol. The molecule has 21 heavy (non-hydrogen) atoms. The highest BCUT2D eigenvalue weighted by molar-refractivity contribution is 7.98. The fourth-order valence-electron chi connectivity index (χ4n) is 1.87. The zero-order valence-corrected chi connectivity index (χ0v) is 13.4. The van der Waals surface area contributed by atoms with Crippen LogP contribution in [0.25, 0.3) is 0 Å². The van der Waals surface area contributed by atoms with E-state index in [-0.39, 0.29) is 0 Å². The minimum atomic E-state index is -1.01. The summed E-state index contributed by atoms with van der Waals surface area (Å²) in [6, 6.07) is 4.73. The van der Waals surface area contributed by atoms with Crippen molar-refractivity contribution in [3.63, 3.8) is 0 Å². The molecule has 0 aliphatic rings. The number of rotatable bonds is 7. The standard InChI is InChI=1S/C15H22N2O3S/c1-10-4-5-11(2)12(8-10)9-16-15(20)17-13(14(18)19)6-7-21-3/h4-5,8,13H,6-7,9H2,1-3H3,(H,18,19)(H2,16,17,20). The lowest BCUT2D eigenvalue weighted by atomic mass is 10.1. The summed E-state index contributed by atoms with van der Waals surface area (Å²) in [7, 11) is 0. The summed E-state index contributed by atoms with van der Waals surface area (Å²) < 4.78 is 0. The molecule has 0 aromatic heterocycles. The molecule has 0 spiro atoms. The van der Waals surface area contributed by atoms with Gasteiger partial charge in [0.25, 0.3) is 0 Å². The SMILES string of the molecule is CSCCC(NC(=O)NCc1cc(C)ccc1C)C(=O)O. The van der Waals surface area contributed by atoms with E-state index in [1.807, 2.05) is 38.3 Å². The molecular formula is C15H22N2O3S. The van der Waals surface area contributed by atoms with Gasteiger partial charge in [0.15, 0.2) is 0 Å². The monoisotopic (exact) mass is 310 g/mol. The van der Waals surface area contributed by atoms with Gasteiger partial charge in [0.1, 0.15) is 6.04 Å². The van der Waals surface area contributed by atoms with Gasteiger partial charge in [-0.05, 0) is 43.4 Å². The average Bonchev–Trinajstić information content (AvgIpc) is 2.44. The van der Waals surface area contributed by atoms with E-state index in [4.69, 9.17) is 5.11 Å². The Hall–Kier alpha value is -1.69. The molecule has 0 aliphatic carbocycles. The number of carboxylic acids is 1. The lowest BCUT2D eigenvalue weighted by Crippen LogP contribution is -2.46. The molecular weight excluding hydrogens is 288 g/mol. The minimum absolute atomic E-state index is 0.383. The van der Waals surface area contributed by atoms with Crippen LogP contribution < -0.4 is 10.6 Å². The van der Waals surface area contributed by atoms with E-state index >= 15 is 0 Å². The second-order valence-electron chi connectivity index (χ2n) is 4.93. The van der Waals surface area contributed by atoms with Crippen molar-refractivity contribution in [3.8, 4) is 0 Å². The topological polar surface area (TPSA) is 78.4 Å². The van der Waals surface area contributed by atoms with Gasteiger partial charge >= 0.3 is 12.0 Å². The number of aryl methyl sites for hydroxylation is 2. The van der Waals surface area contributed by atoms with Crippen molar-refractivity contribution in [2.24, 2.45) is 0 Å². The highest BCUT2D eigenvalue weighted by Crippen LogP contribution is 2.10. The van der Waals surface area contributed by atoms with E-state index in [9.17, 15) is 9.59 Å². The molecule has 1 unspecified atom stereocenters. The van der Waals surface area contributed by atoms with E-state index in [1.54, 1.807) is 11.8 Å². The number of hydrogen-bond donors (Lipinski definition) is 3. The maximum absolute atomic E-state index is 11.8. The molecule has 0 aliphatic heterocycles. The van der Waals surface area contributed by atoms with Crippen LogP contribution in [-0.2, 0) is 11.3 Å². The summed E-state index contributed by atoms with van der Waals surface area (Å²) in [6.45, 7) is 4.35. The lowest BCUT2D eigenvalue weighted by molar-refractivity contribution is -0.139. The van der Waals surface area contributed by atoms with Crippen molar-refractivity contribution >= 4 is 23.8 Å². The first kappa shape index (κ1) is 17.4. The predicted molar refractivity (Wildman–Crippen MR) is 85.7 cm³/mol. The van der Waals surface area contributed by atoms with E-state index in [2.05, 4.69) is 10.6 Å². The van der Waals surface area contributed by atoms with Crippen molar-refractivity contribution in [2.75, 3.05) is 12.0 Å². The molecule has 0 fully saturated rings. The van der Waals surface area contributed by atoms with Crippen LogP contribution in [0, 0.1) is 13.8 Å². The Morgan fingerprint density at radius 1 is 1.33 bits per heavy atom. The van der Waals surface area contributed by atoms with Gasteiger partial charge in [0.05, 0.1) is 0 Å². The van der Waals surface area contributed by atoms with E-state index in [0.717, 1.165) is 16.7 Å². The van der Waals surface area contributed by atoms with Crippen LogP contribution in [0.5, 0.6) is 0 Å². The maximum Gasteiger partial charge on any atom is 0.326 e. The van der Waals surface area contributed by atoms with Crippen LogP contribution in [-0.4, -0.2) is 35.2 Å². The number of carboxylic acid groups (broad SMARTS) is 1. The molecule has 1 aromatic rings. The molecule has 1 aromatic carbocycles. The first-order valence-corrected chi connectivity index (χ1v) is 8.15. The van der Waals surface area contributed by atoms with Gasteiger partial charge in [0.2, 0.25) is 0 Å². The van der Waals surface area contributed by atoms with Crippen molar-refractivity contribution in [1.29, 1.82) is 0 Å². The molecule has 5 nitrogen and oxygen atoms in total. The minimum Gasteiger partial charge on any atom is -0.480 e. The fraction of sp³-hybridized carbons (Fsp3) is 0.467. The van der Waals surface area contributed by atoms with Gasteiger partial charge in [-0.3, -0.25) is 0 Å². The molecule has 6 heteroatoms. The van der Waals surface area contributed by atoms with Crippen molar-refractivity contribution in [3.05, 3.63) is 34.9 Å². The van der Waals surface area contributed by atoms with Gasteiger partial charge in [-0.15, -0.1) is 0 Å². The fourth-order valence-corrected chi connectivity index (χ4v) is 2.34. The Bertz CT molecular complexity index is 506. The van der Waals surface area contributed by atoms with Gasteiger partial charge in [0, 0.05) is 6.54 Å².